The van der Waals surface area contributed by atoms with Crippen LogP contribution in [0.1, 0.15) is 45.1 Å². The Balaban J connectivity index is 1.95. The molecule has 30 heavy (non-hydrogen) atoms. The Morgan fingerprint density at radius 2 is 1.93 bits per heavy atom. The van der Waals surface area contributed by atoms with Gasteiger partial charge in [0.15, 0.2) is 0 Å². The second-order valence-corrected chi connectivity index (χ2v) is 8.62. The molecule has 1 aromatic heterocycles. The number of benzene rings is 1. The molecule has 0 radical (unpaired) electrons. The molecule has 1 aliphatic carbocycles. The fourth-order valence-corrected chi connectivity index (χ4v) is 4.20. The van der Waals surface area contributed by atoms with Gasteiger partial charge in [-0.05, 0) is 37.0 Å². The van der Waals surface area contributed by atoms with E-state index in [1.807, 2.05) is 12.1 Å². The van der Waals surface area contributed by atoms with Crippen LogP contribution in [-0.4, -0.2) is 26.8 Å². The zero-order valence-corrected chi connectivity index (χ0v) is 18.0. The molecule has 0 spiro atoms. The molecular weight excluding hydrogens is 408 g/mol. The van der Waals surface area contributed by atoms with Gasteiger partial charge in [0, 0.05) is 11.6 Å². The quantitative estimate of drug-likeness (QED) is 0.676. The number of ether oxygens (including phenoxy) is 1. The maximum atomic E-state index is 13.3. The Bertz CT molecular complexity index is 1030. The summed E-state index contributed by atoms with van der Waals surface area (Å²) >= 11 is 6.02. The van der Waals surface area contributed by atoms with E-state index in [0.29, 0.717) is 24.3 Å². The van der Waals surface area contributed by atoms with Gasteiger partial charge < -0.3 is 9.84 Å². The maximum Gasteiger partial charge on any atom is 0.334 e. The van der Waals surface area contributed by atoms with Crippen LogP contribution in [0.4, 0.5) is 0 Å². The van der Waals surface area contributed by atoms with Crippen molar-refractivity contribution in [3.63, 3.8) is 0 Å². The van der Waals surface area contributed by atoms with Crippen LogP contribution < -0.4 is 11.2 Å². The highest BCUT2D eigenvalue weighted by atomic mass is 35.5. The average molecular weight is 435 g/mol. The molecule has 1 saturated carbocycles. The Morgan fingerprint density at radius 1 is 1.23 bits per heavy atom. The van der Waals surface area contributed by atoms with Crippen molar-refractivity contribution in [2.45, 2.75) is 58.0 Å². The van der Waals surface area contributed by atoms with Crippen LogP contribution >= 0.6 is 11.6 Å². The third kappa shape index (κ3) is 4.61. The fraction of sp³-hybridized carbons (Fsp3) is 0.500. The third-order valence-electron chi connectivity index (χ3n) is 5.65. The third-order valence-corrected chi connectivity index (χ3v) is 5.88. The summed E-state index contributed by atoms with van der Waals surface area (Å²) in [5.41, 5.74) is -1.15. The van der Waals surface area contributed by atoms with Gasteiger partial charge in [-0.25, -0.2) is 4.79 Å². The predicted octanol–water partition coefficient (Wildman–Crippen LogP) is 3.08. The second-order valence-electron chi connectivity index (χ2n) is 8.18. The molecule has 1 aliphatic rings. The van der Waals surface area contributed by atoms with Crippen molar-refractivity contribution in [3.8, 4) is 5.88 Å². The van der Waals surface area contributed by atoms with Crippen LogP contribution in [0.2, 0.25) is 5.02 Å². The SMILES string of the molecule is CC(C)C(=O)OCC1(n2c(=O)cc(O)n(CCc3cccc(Cl)c3)c2=O)CCCC1. The highest BCUT2D eigenvalue weighted by Crippen LogP contribution is 2.35. The van der Waals surface area contributed by atoms with E-state index in [4.69, 9.17) is 16.3 Å². The van der Waals surface area contributed by atoms with Crippen LogP contribution in [0.15, 0.2) is 39.9 Å². The molecule has 0 bridgehead atoms. The first-order valence-corrected chi connectivity index (χ1v) is 10.6. The molecule has 0 amide bonds. The number of carbonyl (C=O) groups excluding carboxylic acids is 1. The van der Waals surface area contributed by atoms with Gasteiger partial charge in [-0.3, -0.25) is 18.7 Å². The highest BCUT2D eigenvalue weighted by molar-refractivity contribution is 6.30. The summed E-state index contributed by atoms with van der Waals surface area (Å²) < 4.78 is 7.80. The summed E-state index contributed by atoms with van der Waals surface area (Å²) in [5.74, 6) is -1.04. The maximum absolute atomic E-state index is 13.3. The molecule has 7 nitrogen and oxygen atoms in total. The first kappa shape index (κ1) is 22.2. The van der Waals surface area contributed by atoms with Crippen molar-refractivity contribution in [3.05, 3.63) is 61.8 Å². The molecule has 1 N–H and O–H groups in total. The minimum Gasteiger partial charge on any atom is -0.494 e. The lowest BCUT2D eigenvalue weighted by molar-refractivity contribution is -0.150. The van der Waals surface area contributed by atoms with Crippen LogP contribution in [-0.2, 0) is 28.0 Å². The van der Waals surface area contributed by atoms with Crippen LogP contribution in [0, 0.1) is 5.92 Å². The number of esters is 1. The molecule has 0 aliphatic heterocycles. The standard InChI is InChI=1S/C22H27ClN2O5/c1-15(2)20(28)30-14-22(9-3-4-10-22)25-19(27)13-18(26)24(21(25)29)11-8-16-6-5-7-17(23)12-16/h5-7,12-13,15,26H,3-4,8-11,14H2,1-2H3. The minimum absolute atomic E-state index is 0.0295. The number of aromatic nitrogens is 2. The van der Waals surface area contributed by atoms with Crippen LogP contribution in [0.3, 0.4) is 0 Å². The summed E-state index contributed by atoms with van der Waals surface area (Å²) in [5, 5.41) is 10.9. The molecule has 0 saturated heterocycles. The van der Waals surface area contributed by atoms with E-state index >= 15 is 0 Å². The van der Waals surface area contributed by atoms with E-state index in [2.05, 4.69) is 0 Å². The monoisotopic (exact) mass is 434 g/mol. The van der Waals surface area contributed by atoms with Gasteiger partial charge in [0.2, 0.25) is 5.88 Å². The number of aromatic hydroxyl groups is 1. The summed E-state index contributed by atoms with van der Waals surface area (Å²) in [6, 6.07) is 8.32. The van der Waals surface area contributed by atoms with Crippen molar-refractivity contribution in [2.24, 2.45) is 5.92 Å². The number of hydrogen-bond donors (Lipinski definition) is 1. The molecule has 8 heteroatoms. The molecule has 2 aromatic rings. The first-order valence-electron chi connectivity index (χ1n) is 10.2. The van der Waals surface area contributed by atoms with Gasteiger partial charge in [0.05, 0.1) is 17.5 Å². The molecule has 1 fully saturated rings. The normalized spacial score (nSPS) is 15.5. The number of halogens is 1. The predicted molar refractivity (Wildman–Crippen MR) is 114 cm³/mol. The Morgan fingerprint density at radius 3 is 2.57 bits per heavy atom. The van der Waals surface area contributed by atoms with Crippen molar-refractivity contribution in [2.75, 3.05) is 6.61 Å². The van der Waals surface area contributed by atoms with Gasteiger partial charge in [-0.2, -0.15) is 0 Å². The number of rotatable bonds is 7. The van der Waals surface area contributed by atoms with Gasteiger partial charge in [0.1, 0.15) is 6.61 Å². The van der Waals surface area contributed by atoms with Gasteiger partial charge in [-0.1, -0.05) is 50.4 Å². The largest absolute Gasteiger partial charge is 0.494 e. The Hall–Kier alpha value is -2.54. The van der Waals surface area contributed by atoms with Gasteiger partial charge in [-0.15, -0.1) is 0 Å². The first-order chi connectivity index (χ1) is 14.2. The smallest absolute Gasteiger partial charge is 0.334 e. The van der Waals surface area contributed by atoms with Crippen molar-refractivity contribution >= 4 is 17.6 Å². The molecule has 1 heterocycles. The van der Waals surface area contributed by atoms with Crippen molar-refractivity contribution in [1.29, 1.82) is 0 Å². The van der Waals surface area contributed by atoms with E-state index in [1.165, 1.54) is 9.13 Å². The van der Waals surface area contributed by atoms with Crippen LogP contribution in [0.5, 0.6) is 5.88 Å². The van der Waals surface area contributed by atoms with Crippen molar-refractivity contribution in [1.82, 2.24) is 9.13 Å². The van der Waals surface area contributed by atoms with E-state index in [9.17, 15) is 19.5 Å². The van der Waals surface area contributed by atoms with E-state index in [1.54, 1.807) is 26.0 Å². The van der Waals surface area contributed by atoms with E-state index in [-0.39, 0.29) is 30.9 Å². The topological polar surface area (TPSA) is 90.5 Å². The van der Waals surface area contributed by atoms with Crippen LogP contribution in [0.25, 0.3) is 0 Å². The van der Waals surface area contributed by atoms with Gasteiger partial charge >= 0.3 is 11.7 Å². The second kappa shape index (κ2) is 9.08. The summed E-state index contributed by atoms with van der Waals surface area (Å²) in [6.45, 7) is 3.63. The zero-order valence-electron chi connectivity index (χ0n) is 17.3. The molecule has 1 aromatic carbocycles. The lowest BCUT2D eigenvalue weighted by Gasteiger charge is -2.31. The molecule has 0 unspecified atom stereocenters. The molecule has 0 atom stereocenters. The Kier molecular flexibility index (Phi) is 6.71. The lowest BCUT2D eigenvalue weighted by Crippen LogP contribution is -2.52. The molecule has 162 valence electrons. The number of nitrogens with zero attached hydrogens (tertiary/aromatic N) is 2. The zero-order chi connectivity index (χ0) is 21.9. The average Bonchev–Trinajstić information content (AvgIpc) is 3.15. The lowest BCUT2D eigenvalue weighted by atomic mass is 9.98. The Labute approximate surface area is 179 Å². The van der Waals surface area contributed by atoms with E-state index in [0.717, 1.165) is 24.5 Å². The number of aryl methyl sites for hydroxylation is 1. The van der Waals surface area contributed by atoms with E-state index < -0.39 is 16.8 Å². The summed E-state index contributed by atoms with van der Waals surface area (Å²) in [4.78, 5) is 38.0. The summed E-state index contributed by atoms with van der Waals surface area (Å²) in [7, 11) is 0. The van der Waals surface area contributed by atoms with Gasteiger partial charge in [0.25, 0.3) is 5.56 Å². The molecule has 3 rings (SSSR count). The number of hydrogen-bond acceptors (Lipinski definition) is 5. The molecular formula is C22H27ClN2O5. The fourth-order valence-electron chi connectivity index (χ4n) is 3.98. The minimum atomic E-state index is -0.885. The summed E-state index contributed by atoms with van der Waals surface area (Å²) in [6.07, 6.45) is 3.24. The highest BCUT2D eigenvalue weighted by Gasteiger charge is 2.40. The number of carbonyl (C=O) groups is 1. The van der Waals surface area contributed by atoms with Crippen molar-refractivity contribution < 1.29 is 14.6 Å².